The van der Waals surface area contributed by atoms with Gasteiger partial charge in [-0.2, -0.15) is 4.39 Å². The van der Waals surface area contributed by atoms with Crippen LogP contribution in [-0.2, 0) is 14.3 Å². The first-order valence-electron chi connectivity index (χ1n) is 6.84. The highest BCUT2D eigenvalue weighted by Crippen LogP contribution is 2.33. The van der Waals surface area contributed by atoms with Crippen LogP contribution in [0.15, 0.2) is 12.0 Å². The van der Waals surface area contributed by atoms with Crippen molar-refractivity contribution in [1.29, 1.82) is 0 Å². The molecule has 0 radical (unpaired) electrons. The van der Waals surface area contributed by atoms with Gasteiger partial charge in [-0.1, -0.05) is 13.8 Å². The molecular formula is C14H25FN2O5. The molecule has 3 N–H and O–H groups in total. The molecule has 0 aliphatic carbocycles. The molecule has 0 bridgehead atoms. The van der Waals surface area contributed by atoms with Crippen LogP contribution in [0.1, 0.15) is 20.3 Å². The van der Waals surface area contributed by atoms with Crippen LogP contribution in [-0.4, -0.2) is 61.0 Å². The lowest BCUT2D eigenvalue weighted by atomic mass is 9.76. The second-order valence-corrected chi connectivity index (χ2v) is 5.52. The van der Waals surface area contributed by atoms with E-state index in [1.807, 2.05) is 0 Å². The van der Waals surface area contributed by atoms with Crippen molar-refractivity contribution in [2.45, 2.75) is 26.5 Å². The van der Waals surface area contributed by atoms with E-state index in [2.05, 4.69) is 0 Å². The molecule has 0 saturated carbocycles. The molecule has 22 heavy (non-hydrogen) atoms. The van der Waals surface area contributed by atoms with Crippen molar-refractivity contribution in [3.05, 3.63) is 12.0 Å². The summed E-state index contributed by atoms with van der Waals surface area (Å²) in [5.74, 6) is -2.49. The molecule has 7 nitrogen and oxygen atoms in total. The number of methoxy groups -OCH3 is 1. The number of carbonyl (C=O) groups excluding carboxylic acids is 2. The minimum absolute atomic E-state index is 0.0926. The number of amides is 2. The summed E-state index contributed by atoms with van der Waals surface area (Å²) in [5, 5.41) is 20.5. The van der Waals surface area contributed by atoms with Crippen molar-refractivity contribution < 1.29 is 28.9 Å². The summed E-state index contributed by atoms with van der Waals surface area (Å²) in [4.78, 5) is 22.6. The summed E-state index contributed by atoms with van der Waals surface area (Å²) in [6.45, 7) is 3.28. The first-order valence-corrected chi connectivity index (χ1v) is 6.84. The van der Waals surface area contributed by atoms with Gasteiger partial charge < -0.3 is 19.8 Å². The van der Waals surface area contributed by atoms with Crippen LogP contribution in [0, 0.1) is 11.3 Å². The Labute approximate surface area is 129 Å². The van der Waals surface area contributed by atoms with Crippen LogP contribution in [0.25, 0.3) is 0 Å². The molecule has 0 heterocycles. The summed E-state index contributed by atoms with van der Waals surface area (Å²) in [6.07, 6.45) is 0.682. The van der Waals surface area contributed by atoms with E-state index in [0.717, 1.165) is 6.20 Å². The monoisotopic (exact) mass is 320 g/mol. The van der Waals surface area contributed by atoms with Crippen molar-refractivity contribution in [3.63, 3.8) is 0 Å². The topological polar surface area (TPSA) is 99.1 Å². The molecular weight excluding hydrogens is 295 g/mol. The zero-order valence-electron chi connectivity index (χ0n) is 13.4. The zero-order valence-corrected chi connectivity index (χ0v) is 13.4. The highest BCUT2D eigenvalue weighted by molar-refractivity contribution is 5.97. The second-order valence-electron chi connectivity index (χ2n) is 5.52. The van der Waals surface area contributed by atoms with E-state index in [0.29, 0.717) is 6.42 Å². The molecule has 1 unspecified atom stereocenters. The molecule has 3 atom stereocenters. The maximum absolute atomic E-state index is 13.6. The number of hydrogen-bond donors (Lipinski definition) is 3. The van der Waals surface area contributed by atoms with Gasteiger partial charge in [-0.15, -0.1) is 0 Å². The third-order valence-electron chi connectivity index (χ3n) is 3.92. The molecule has 8 heteroatoms. The lowest BCUT2D eigenvalue weighted by Gasteiger charge is -2.38. The molecule has 0 aromatic carbocycles. The van der Waals surface area contributed by atoms with Crippen molar-refractivity contribution in [2.75, 3.05) is 27.4 Å². The van der Waals surface area contributed by atoms with Gasteiger partial charge >= 0.3 is 0 Å². The van der Waals surface area contributed by atoms with Gasteiger partial charge in [0.25, 0.3) is 5.91 Å². The third-order valence-corrected chi connectivity index (χ3v) is 3.92. The number of nitrogens with zero attached hydrogens (tertiary/aromatic N) is 1. The molecule has 0 aliphatic heterocycles. The van der Waals surface area contributed by atoms with Crippen molar-refractivity contribution >= 4 is 12.3 Å². The number of aliphatic hydroxyl groups excluding tert-OH is 2. The Morgan fingerprint density at radius 2 is 2.09 bits per heavy atom. The standard InChI is InChI=1S/C14H25FN2O5/c1-10(7-18)14(2,8-19)5-12(22-4)17(3)6-11(15)13(21)16-9-20/h6,9-10,12,18-19H,5,7-8H2,1-4H3,(H,16,20,21)/b11-6+/t10?,12-,14+/m1/s1. The summed E-state index contributed by atoms with van der Waals surface area (Å²) in [5.41, 5.74) is -0.640. The fraction of sp³-hybridized carbons (Fsp3) is 0.714. The average molecular weight is 320 g/mol. The zero-order chi connectivity index (χ0) is 17.3. The predicted molar refractivity (Wildman–Crippen MR) is 78.0 cm³/mol. The van der Waals surface area contributed by atoms with Crippen LogP contribution in [0.5, 0.6) is 0 Å². The third kappa shape index (κ3) is 5.70. The molecule has 0 aliphatic rings. The van der Waals surface area contributed by atoms with Crippen molar-refractivity contribution in [3.8, 4) is 0 Å². The smallest absolute Gasteiger partial charge is 0.287 e. The number of halogens is 1. The van der Waals surface area contributed by atoms with Crippen LogP contribution < -0.4 is 5.32 Å². The molecule has 0 rings (SSSR count). The van der Waals surface area contributed by atoms with Gasteiger partial charge in [0.05, 0.1) is 0 Å². The molecule has 0 aromatic rings. The summed E-state index contributed by atoms with van der Waals surface area (Å²) in [6, 6.07) is 0. The highest BCUT2D eigenvalue weighted by Gasteiger charge is 2.34. The van der Waals surface area contributed by atoms with Gasteiger partial charge in [-0.05, 0) is 11.3 Å². The van der Waals surface area contributed by atoms with Gasteiger partial charge in [0.2, 0.25) is 12.2 Å². The number of carbonyl (C=O) groups is 2. The SMILES string of the molecule is CO[C@H](C[C@@](C)(CO)C(C)CO)N(C)/C=C(/F)C(=O)NC=O. The predicted octanol–water partition coefficient (Wildman–Crippen LogP) is -0.00870. The number of hydrogen-bond acceptors (Lipinski definition) is 6. The molecule has 0 fully saturated rings. The molecule has 0 spiro atoms. The van der Waals surface area contributed by atoms with E-state index in [4.69, 9.17) is 4.74 Å². The van der Waals surface area contributed by atoms with E-state index in [1.54, 1.807) is 19.2 Å². The van der Waals surface area contributed by atoms with Crippen LogP contribution >= 0.6 is 0 Å². The van der Waals surface area contributed by atoms with Gasteiger partial charge in [0, 0.05) is 40.0 Å². The fourth-order valence-corrected chi connectivity index (χ4v) is 1.88. The van der Waals surface area contributed by atoms with E-state index in [-0.39, 0.29) is 25.5 Å². The van der Waals surface area contributed by atoms with E-state index < -0.39 is 23.4 Å². The Hall–Kier alpha value is -1.51. The minimum Gasteiger partial charge on any atom is -0.396 e. The summed E-state index contributed by atoms with van der Waals surface area (Å²) >= 11 is 0. The van der Waals surface area contributed by atoms with Crippen LogP contribution in [0.3, 0.4) is 0 Å². The van der Waals surface area contributed by atoms with Gasteiger partial charge in [-0.3, -0.25) is 14.9 Å². The Bertz CT molecular complexity index is 405. The normalized spacial score (nSPS) is 17.3. The molecule has 0 aromatic heterocycles. The number of nitrogens with one attached hydrogen (secondary N) is 1. The largest absolute Gasteiger partial charge is 0.396 e. The van der Waals surface area contributed by atoms with Gasteiger partial charge in [0.15, 0.2) is 0 Å². The Balaban J connectivity index is 5.06. The first-order chi connectivity index (χ1) is 10.2. The van der Waals surface area contributed by atoms with Crippen LogP contribution in [0.4, 0.5) is 4.39 Å². The molecule has 128 valence electrons. The molecule has 0 saturated heterocycles. The summed E-state index contributed by atoms with van der Waals surface area (Å²) < 4.78 is 18.8. The minimum atomic E-state index is -1.15. The lowest BCUT2D eigenvalue weighted by Crippen LogP contribution is -2.41. The van der Waals surface area contributed by atoms with Crippen LogP contribution in [0.2, 0.25) is 0 Å². The Morgan fingerprint density at radius 1 is 1.50 bits per heavy atom. The number of imide groups is 1. The number of ether oxygens (including phenoxy) is 1. The average Bonchev–Trinajstić information content (AvgIpc) is 2.51. The highest BCUT2D eigenvalue weighted by atomic mass is 19.1. The van der Waals surface area contributed by atoms with Crippen molar-refractivity contribution in [1.82, 2.24) is 10.2 Å². The van der Waals surface area contributed by atoms with Gasteiger partial charge in [0.1, 0.15) is 6.23 Å². The van der Waals surface area contributed by atoms with E-state index in [9.17, 15) is 24.2 Å². The van der Waals surface area contributed by atoms with Crippen molar-refractivity contribution in [2.24, 2.45) is 11.3 Å². The number of aliphatic hydroxyl groups is 2. The van der Waals surface area contributed by atoms with Gasteiger partial charge in [-0.25, -0.2) is 0 Å². The second kappa shape index (κ2) is 9.50. The van der Waals surface area contributed by atoms with E-state index >= 15 is 0 Å². The number of rotatable bonds is 10. The Kier molecular flexibility index (Phi) is 8.84. The van der Waals surface area contributed by atoms with E-state index in [1.165, 1.54) is 19.1 Å². The maximum Gasteiger partial charge on any atom is 0.287 e. The maximum atomic E-state index is 13.6. The fourth-order valence-electron chi connectivity index (χ4n) is 1.88. The molecule has 2 amide bonds. The Morgan fingerprint density at radius 3 is 2.50 bits per heavy atom. The quantitative estimate of drug-likeness (QED) is 0.297. The summed E-state index contributed by atoms with van der Waals surface area (Å²) in [7, 11) is 2.92. The lowest BCUT2D eigenvalue weighted by molar-refractivity contribution is -0.123. The first kappa shape index (κ1) is 20.5.